The third kappa shape index (κ3) is 1.41. The third-order valence-electron chi connectivity index (χ3n) is 4.61. The molecular formula is C15H14N4O5. The second-order valence-electron chi connectivity index (χ2n) is 5.82. The van der Waals surface area contributed by atoms with Crippen LogP contribution in [0.1, 0.15) is 5.56 Å². The quantitative estimate of drug-likeness (QED) is 0.670. The highest BCUT2D eigenvalue weighted by molar-refractivity contribution is 6.46. The normalized spacial score (nSPS) is 32.2. The van der Waals surface area contributed by atoms with Crippen molar-refractivity contribution < 1.29 is 24.2 Å². The lowest BCUT2D eigenvalue weighted by atomic mass is 9.94. The summed E-state index contributed by atoms with van der Waals surface area (Å²) in [7, 11) is 4.20. The fraction of sp³-hybridized carbons (Fsp3) is 0.333. The minimum absolute atomic E-state index is 0.0793. The maximum Gasteiger partial charge on any atom is 0.330 e. The molecule has 0 aliphatic carbocycles. The molecule has 0 radical (unpaired) electrons. The molecule has 1 spiro atoms. The Kier molecular flexibility index (Phi) is 2.71. The van der Waals surface area contributed by atoms with Gasteiger partial charge in [-0.25, -0.2) is 9.79 Å². The van der Waals surface area contributed by atoms with Gasteiger partial charge in [0, 0.05) is 26.7 Å². The van der Waals surface area contributed by atoms with Crippen molar-refractivity contribution in [3.63, 3.8) is 0 Å². The third-order valence-corrected chi connectivity index (χ3v) is 4.61. The Balaban J connectivity index is 1.99. The Morgan fingerprint density at radius 3 is 2.29 bits per heavy atom. The van der Waals surface area contributed by atoms with Crippen molar-refractivity contribution in [1.29, 1.82) is 0 Å². The van der Waals surface area contributed by atoms with Crippen LogP contribution in [0, 0.1) is 0 Å². The highest BCUT2D eigenvalue weighted by Crippen LogP contribution is 2.46. The molecule has 9 nitrogen and oxygen atoms in total. The first kappa shape index (κ1) is 14.8. The lowest BCUT2D eigenvalue weighted by Crippen LogP contribution is -2.82. The second kappa shape index (κ2) is 4.40. The summed E-state index contributed by atoms with van der Waals surface area (Å²) in [6.07, 6.45) is 0. The van der Waals surface area contributed by atoms with Crippen LogP contribution in [0.2, 0.25) is 0 Å². The molecule has 0 aromatic heterocycles. The summed E-state index contributed by atoms with van der Waals surface area (Å²) in [5, 5.41) is 0. The van der Waals surface area contributed by atoms with Gasteiger partial charge in [0.25, 0.3) is 17.5 Å². The molecule has 0 N–H and O–H groups in total. The fourth-order valence-corrected chi connectivity index (χ4v) is 3.20. The Morgan fingerprint density at radius 1 is 0.958 bits per heavy atom. The van der Waals surface area contributed by atoms with Gasteiger partial charge in [-0.3, -0.25) is 24.3 Å². The van der Waals surface area contributed by atoms with Crippen LogP contribution >= 0.6 is 0 Å². The van der Waals surface area contributed by atoms with E-state index in [1.54, 1.807) is 30.3 Å². The molecule has 0 unspecified atom stereocenters. The molecule has 4 aliphatic heterocycles. The Hall–Kier alpha value is -2.78. The average molecular weight is 330 g/mol. The van der Waals surface area contributed by atoms with Gasteiger partial charge in [0.2, 0.25) is 0 Å². The van der Waals surface area contributed by atoms with Gasteiger partial charge < -0.3 is 0 Å². The lowest BCUT2D eigenvalue weighted by Gasteiger charge is -2.57. The van der Waals surface area contributed by atoms with Crippen molar-refractivity contribution in [3.05, 3.63) is 35.9 Å². The van der Waals surface area contributed by atoms with Crippen molar-refractivity contribution >= 4 is 23.6 Å². The molecule has 0 saturated carbocycles. The van der Waals surface area contributed by atoms with E-state index in [0.29, 0.717) is 5.56 Å². The Labute approximate surface area is 137 Å². The van der Waals surface area contributed by atoms with E-state index >= 15 is 0 Å². The van der Waals surface area contributed by atoms with Gasteiger partial charge in [-0.2, -0.15) is 9.78 Å². The van der Waals surface area contributed by atoms with E-state index in [0.717, 1.165) is 9.80 Å². The van der Waals surface area contributed by atoms with Gasteiger partial charge in [-0.15, -0.1) is 0 Å². The van der Waals surface area contributed by atoms with Gasteiger partial charge in [0.1, 0.15) is 0 Å². The van der Waals surface area contributed by atoms with E-state index in [1.165, 1.54) is 26.0 Å². The fourth-order valence-electron chi connectivity index (χ4n) is 3.20. The first-order valence-electron chi connectivity index (χ1n) is 7.23. The van der Waals surface area contributed by atoms with Gasteiger partial charge in [-0.1, -0.05) is 30.3 Å². The number of fused-ring (bicyclic) bond motifs is 2. The number of benzene rings is 1. The zero-order valence-corrected chi connectivity index (χ0v) is 13.2. The molecule has 4 aliphatic rings. The standard InChI is InChI=1S/C15H14N4O5/c1-17-11(20)10-15(19(3)13(17)22)18(2)12(21)14(16-10,23-24-15)9-7-5-4-6-8-9/h4-8H,1-3H3/t14-,15+/m0/s1. The largest absolute Gasteiger partial charge is 0.330 e. The first-order chi connectivity index (χ1) is 11.4. The summed E-state index contributed by atoms with van der Waals surface area (Å²) < 4.78 is 0. The summed E-state index contributed by atoms with van der Waals surface area (Å²) in [5.74, 6) is -2.96. The molecule has 5 rings (SSSR count). The van der Waals surface area contributed by atoms with Gasteiger partial charge in [-0.05, 0) is 0 Å². The van der Waals surface area contributed by atoms with Crippen LogP contribution in [0.25, 0.3) is 0 Å². The molecule has 124 valence electrons. The molecule has 1 aromatic carbocycles. The molecule has 24 heavy (non-hydrogen) atoms. The summed E-state index contributed by atoms with van der Waals surface area (Å²) in [6, 6.07) is 7.91. The van der Waals surface area contributed by atoms with Crippen molar-refractivity contribution in [3.8, 4) is 0 Å². The number of amides is 4. The summed E-state index contributed by atoms with van der Waals surface area (Å²) >= 11 is 0. The maximum absolute atomic E-state index is 13.0. The predicted molar refractivity (Wildman–Crippen MR) is 79.2 cm³/mol. The zero-order valence-electron chi connectivity index (χ0n) is 13.2. The Morgan fingerprint density at radius 2 is 1.62 bits per heavy atom. The van der Waals surface area contributed by atoms with Crippen molar-refractivity contribution in [2.45, 2.75) is 11.6 Å². The highest BCUT2D eigenvalue weighted by atomic mass is 17.2. The number of urea groups is 1. The van der Waals surface area contributed by atoms with Gasteiger partial charge in [0.15, 0.2) is 5.71 Å². The van der Waals surface area contributed by atoms with Crippen LogP contribution in [0.3, 0.4) is 0 Å². The number of carbonyl (C=O) groups is 3. The van der Waals surface area contributed by atoms with E-state index in [1.807, 2.05) is 0 Å². The lowest BCUT2D eigenvalue weighted by molar-refractivity contribution is -0.465. The Bertz CT molecular complexity index is 809. The average Bonchev–Trinajstić information content (AvgIpc) is 2.62. The molecule has 2 saturated heterocycles. The molecule has 2 atom stereocenters. The first-order valence-corrected chi connectivity index (χ1v) is 7.23. The maximum atomic E-state index is 13.0. The molecule has 4 heterocycles. The summed E-state index contributed by atoms with van der Waals surface area (Å²) in [4.78, 5) is 56.1. The molecule has 2 fully saturated rings. The number of hydrogen-bond acceptors (Lipinski definition) is 6. The monoisotopic (exact) mass is 330 g/mol. The van der Waals surface area contributed by atoms with Crippen molar-refractivity contribution in [1.82, 2.24) is 14.7 Å². The number of carbonyl (C=O) groups excluding carboxylic acids is 3. The number of likely N-dealkylation sites (N-methyl/N-ethyl adjacent to an activating group) is 1. The minimum atomic E-state index is -1.80. The SMILES string of the molecule is CN1C(=O)C2=N[C@@]3(c4ccccc4)OO[C@@]2(N(C)C1=O)N(C)C3=O. The van der Waals surface area contributed by atoms with Crippen LogP contribution in [-0.4, -0.2) is 65.2 Å². The van der Waals surface area contributed by atoms with Crippen molar-refractivity contribution in [2.24, 2.45) is 4.99 Å². The smallest absolute Gasteiger partial charge is 0.287 e. The van der Waals surface area contributed by atoms with Crippen LogP contribution in [-0.2, 0) is 25.1 Å². The predicted octanol–water partition coefficient (Wildman–Crippen LogP) is -0.108. The van der Waals surface area contributed by atoms with E-state index < -0.39 is 29.4 Å². The van der Waals surface area contributed by atoms with Crippen LogP contribution < -0.4 is 0 Å². The van der Waals surface area contributed by atoms with Crippen LogP contribution in [0.5, 0.6) is 0 Å². The van der Waals surface area contributed by atoms with E-state index in [2.05, 4.69) is 4.99 Å². The molecule has 4 amide bonds. The van der Waals surface area contributed by atoms with Crippen molar-refractivity contribution in [2.75, 3.05) is 21.1 Å². The van der Waals surface area contributed by atoms with Gasteiger partial charge in [0.05, 0.1) is 0 Å². The number of aliphatic imine (C=N–C) groups is 1. The van der Waals surface area contributed by atoms with Crippen LogP contribution in [0.15, 0.2) is 35.3 Å². The van der Waals surface area contributed by atoms with Gasteiger partial charge >= 0.3 is 11.9 Å². The summed E-state index contributed by atoms with van der Waals surface area (Å²) in [5.41, 5.74) is -1.45. The van der Waals surface area contributed by atoms with E-state index in [9.17, 15) is 14.4 Å². The summed E-state index contributed by atoms with van der Waals surface area (Å²) in [6.45, 7) is 0. The number of rotatable bonds is 1. The number of hydrogen-bond donors (Lipinski definition) is 0. The highest BCUT2D eigenvalue weighted by Gasteiger charge is 2.70. The van der Waals surface area contributed by atoms with E-state index in [-0.39, 0.29) is 5.71 Å². The van der Waals surface area contributed by atoms with Crippen LogP contribution in [0.4, 0.5) is 4.79 Å². The second-order valence-corrected chi connectivity index (χ2v) is 5.82. The zero-order chi connectivity index (χ0) is 17.3. The van der Waals surface area contributed by atoms with E-state index in [4.69, 9.17) is 9.78 Å². The molecule has 1 aromatic rings. The molecule has 9 heteroatoms. The minimum Gasteiger partial charge on any atom is -0.287 e. The topological polar surface area (TPSA) is 91.8 Å². The number of nitrogens with zero attached hydrogens (tertiary/aromatic N) is 4. The molecular weight excluding hydrogens is 316 g/mol. The molecule has 2 bridgehead atoms. The number of imide groups is 1.